The molecule has 0 fully saturated rings. The third-order valence-corrected chi connectivity index (χ3v) is 5.93. The number of rotatable bonds is 6. The largest absolute Gasteiger partial charge is 0.461 e. The first-order valence-electron chi connectivity index (χ1n) is 10.3. The van der Waals surface area contributed by atoms with Crippen LogP contribution in [0.25, 0.3) is 0 Å². The standard InChI is InChI=1S/C25H24Cl2N2O2/c26-19-11-20(27)13-21(12-19)29-24-8-4-7-17-9-18(23(28)14-22(17)24)10-25(30)31-15-16-5-2-1-3-6-16/h1-3,5-6,9,11-14,24,29H,4,7-8,10,15,28H2. The van der Waals surface area contributed by atoms with Crippen molar-refractivity contribution in [3.8, 4) is 0 Å². The zero-order valence-electron chi connectivity index (χ0n) is 17.0. The van der Waals surface area contributed by atoms with Gasteiger partial charge in [0.15, 0.2) is 0 Å². The number of fused-ring (bicyclic) bond motifs is 1. The van der Waals surface area contributed by atoms with Gasteiger partial charge in [0.2, 0.25) is 0 Å². The van der Waals surface area contributed by atoms with Crippen LogP contribution in [0.3, 0.4) is 0 Å². The summed E-state index contributed by atoms with van der Waals surface area (Å²) in [5.74, 6) is -0.283. The second kappa shape index (κ2) is 9.63. The molecule has 0 aliphatic heterocycles. The monoisotopic (exact) mass is 454 g/mol. The Morgan fingerprint density at radius 1 is 1.06 bits per heavy atom. The van der Waals surface area contributed by atoms with E-state index in [0.29, 0.717) is 15.7 Å². The normalized spacial score (nSPS) is 15.2. The van der Waals surface area contributed by atoms with Gasteiger partial charge in [-0.3, -0.25) is 4.79 Å². The van der Waals surface area contributed by atoms with E-state index in [2.05, 4.69) is 5.32 Å². The summed E-state index contributed by atoms with van der Waals surface area (Å²) in [7, 11) is 0. The number of halogens is 2. The Balaban J connectivity index is 1.47. The molecule has 0 saturated carbocycles. The molecule has 0 spiro atoms. The summed E-state index contributed by atoms with van der Waals surface area (Å²) in [5, 5.41) is 4.71. The molecule has 160 valence electrons. The minimum atomic E-state index is -0.283. The third kappa shape index (κ3) is 5.52. The molecule has 0 aromatic heterocycles. The second-order valence-corrected chi connectivity index (χ2v) is 8.69. The molecule has 0 amide bonds. The molecule has 0 bridgehead atoms. The molecule has 0 heterocycles. The van der Waals surface area contributed by atoms with Crippen LogP contribution in [0.15, 0.2) is 60.7 Å². The third-order valence-electron chi connectivity index (χ3n) is 5.50. The summed E-state index contributed by atoms with van der Waals surface area (Å²) in [5.41, 5.74) is 11.9. The number of carbonyl (C=O) groups is 1. The highest BCUT2D eigenvalue weighted by atomic mass is 35.5. The van der Waals surface area contributed by atoms with Crippen molar-refractivity contribution in [3.63, 3.8) is 0 Å². The van der Waals surface area contributed by atoms with Gasteiger partial charge >= 0.3 is 5.97 Å². The Bertz CT molecular complexity index is 1070. The summed E-state index contributed by atoms with van der Waals surface area (Å²) >= 11 is 12.3. The maximum atomic E-state index is 12.4. The predicted octanol–water partition coefficient (Wildman–Crippen LogP) is 6.35. The van der Waals surface area contributed by atoms with Crippen LogP contribution in [-0.4, -0.2) is 5.97 Å². The number of nitrogen functional groups attached to an aromatic ring is 1. The van der Waals surface area contributed by atoms with Crippen molar-refractivity contribution in [2.45, 2.75) is 38.3 Å². The zero-order chi connectivity index (χ0) is 21.8. The van der Waals surface area contributed by atoms with Gasteiger partial charge < -0.3 is 15.8 Å². The maximum absolute atomic E-state index is 12.4. The van der Waals surface area contributed by atoms with Gasteiger partial charge in [0.05, 0.1) is 12.5 Å². The number of ether oxygens (including phenoxy) is 1. The Morgan fingerprint density at radius 3 is 2.55 bits per heavy atom. The summed E-state index contributed by atoms with van der Waals surface area (Å²) in [6.45, 7) is 0.263. The van der Waals surface area contributed by atoms with Crippen LogP contribution in [0.5, 0.6) is 0 Å². The second-order valence-electron chi connectivity index (χ2n) is 7.82. The highest BCUT2D eigenvalue weighted by molar-refractivity contribution is 6.35. The van der Waals surface area contributed by atoms with Crippen LogP contribution in [0.2, 0.25) is 10.0 Å². The SMILES string of the molecule is Nc1cc2c(cc1CC(=O)OCc1ccccc1)CCCC2Nc1cc(Cl)cc(Cl)c1. The molecule has 1 atom stereocenters. The van der Waals surface area contributed by atoms with Crippen LogP contribution in [0, 0.1) is 0 Å². The van der Waals surface area contributed by atoms with Gasteiger partial charge in [0.25, 0.3) is 0 Å². The van der Waals surface area contributed by atoms with Crippen LogP contribution >= 0.6 is 23.2 Å². The first-order valence-corrected chi connectivity index (χ1v) is 11.1. The van der Waals surface area contributed by atoms with Crippen LogP contribution < -0.4 is 11.1 Å². The minimum Gasteiger partial charge on any atom is -0.461 e. The lowest BCUT2D eigenvalue weighted by Crippen LogP contribution is -2.19. The molecule has 6 heteroatoms. The number of anilines is 2. The van der Waals surface area contributed by atoms with Gasteiger partial charge in [0, 0.05) is 21.4 Å². The van der Waals surface area contributed by atoms with E-state index in [0.717, 1.165) is 41.6 Å². The van der Waals surface area contributed by atoms with E-state index < -0.39 is 0 Å². The highest BCUT2D eigenvalue weighted by Gasteiger charge is 2.22. The Labute approximate surface area is 192 Å². The van der Waals surface area contributed by atoms with Crippen molar-refractivity contribution >= 4 is 40.5 Å². The van der Waals surface area contributed by atoms with Crippen molar-refractivity contribution in [2.75, 3.05) is 11.1 Å². The lowest BCUT2D eigenvalue weighted by Gasteiger charge is -2.28. The molecule has 0 saturated heterocycles. The molecular formula is C25H24Cl2N2O2. The number of hydrogen-bond acceptors (Lipinski definition) is 4. The molecule has 1 aliphatic carbocycles. The summed E-state index contributed by atoms with van der Waals surface area (Å²) in [6.07, 6.45) is 3.14. The Morgan fingerprint density at radius 2 is 1.81 bits per heavy atom. The molecule has 3 aromatic carbocycles. The fraction of sp³-hybridized carbons (Fsp3) is 0.240. The van der Waals surface area contributed by atoms with Crippen LogP contribution in [-0.2, 0) is 29.0 Å². The van der Waals surface area contributed by atoms with Gasteiger partial charge in [-0.05, 0) is 65.8 Å². The van der Waals surface area contributed by atoms with E-state index in [1.807, 2.05) is 54.6 Å². The topological polar surface area (TPSA) is 64.4 Å². The van der Waals surface area contributed by atoms with Crippen LogP contribution in [0.1, 0.15) is 41.1 Å². The van der Waals surface area contributed by atoms with Gasteiger partial charge in [-0.25, -0.2) is 0 Å². The maximum Gasteiger partial charge on any atom is 0.310 e. The molecule has 4 nitrogen and oxygen atoms in total. The lowest BCUT2D eigenvalue weighted by molar-refractivity contribution is -0.144. The molecule has 1 unspecified atom stereocenters. The van der Waals surface area contributed by atoms with Gasteiger partial charge in [-0.1, -0.05) is 59.6 Å². The molecule has 0 radical (unpaired) electrons. The Kier molecular flexibility index (Phi) is 6.69. The van der Waals surface area contributed by atoms with E-state index in [4.69, 9.17) is 33.7 Å². The van der Waals surface area contributed by atoms with E-state index in [9.17, 15) is 4.79 Å². The summed E-state index contributed by atoms with van der Waals surface area (Å²) < 4.78 is 5.42. The number of esters is 1. The van der Waals surface area contributed by atoms with Crippen molar-refractivity contribution in [1.29, 1.82) is 0 Å². The fourth-order valence-corrected chi connectivity index (χ4v) is 4.53. The molecule has 3 N–H and O–H groups in total. The van der Waals surface area contributed by atoms with E-state index in [-0.39, 0.29) is 25.0 Å². The predicted molar refractivity (Wildman–Crippen MR) is 127 cm³/mol. The number of aryl methyl sites for hydroxylation is 1. The zero-order valence-corrected chi connectivity index (χ0v) is 18.5. The van der Waals surface area contributed by atoms with E-state index >= 15 is 0 Å². The van der Waals surface area contributed by atoms with E-state index in [1.165, 1.54) is 5.56 Å². The van der Waals surface area contributed by atoms with Crippen molar-refractivity contribution in [1.82, 2.24) is 0 Å². The molecule has 31 heavy (non-hydrogen) atoms. The number of benzene rings is 3. The van der Waals surface area contributed by atoms with Gasteiger partial charge in [-0.15, -0.1) is 0 Å². The molecular weight excluding hydrogens is 431 g/mol. The molecule has 1 aliphatic rings. The average molecular weight is 455 g/mol. The Hall–Kier alpha value is -2.69. The van der Waals surface area contributed by atoms with Crippen molar-refractivity contribution < 1.29 is 9.53 Å². The average Bonchev–Trinajstić information content (AvgIpc) is 2.73. The minimum absolute atomic E-state index is 0.111. The van der Waals surface area contributed by atoms with E-state index in [1.54, 1.807) is 6.07 Å². The first-order chi connectivity index (χ1) is 15.0. The first kappa shape index (κ1) is 21.5. The number of hydrogen-bond donors (Lipinski definition) is 2. The van der Waals surface area contributed by atoms with Crippen LogP contribution in [0.4, 0.5) is 11.4 Å². The molecule has 4 rings (SSSR count). The summed E-state index contributed by atoms with van der Waals surface area (Å²) in [4.78, 5) is 12.4. The van der Waals surface area contributed by atoms with Gasteiger partial charge in [0.1, 0.15) is 6.61 Å². The molecule has 3 aromatic rings. The number of nitrogens with one attached hydrogen (secondary N) is 1. The lowest BCUT2D eigenvalue weighted by atomic mass is 9.85. The number of nitrogens with two attached hydrogens (primary N) is 1. The smallest absolute Gasteiger partial charge is 0.310 e. The fourth-order valence-electron chi connectivity index (χ4n) is 4.01. The summed E-state index contributed by atoms with van der Waals surface area (Å²) in [6, 6.07) is 19.2. The van der Waals surface area contributed by atoms with Crippen molar-refractivity contribution in [2.24, 2.45) is 0 Å². The van der Waals surface area contributed by atoms with Crippen molar-refractivity contribution in [3.05, 3.63) is 93.0 Å². The quantitative estimate of drug-likeness (QED) is 0.336. The number of carbonyl (C=O) groups excluding carboxylic acids is 1. The highest BCUT2D eigenvalue weighted by Crippen LogP contribution is 2.36. The van der Waals surface area contributed by atoms with Gasteiger partial charge in [-0.2, -0.15) is 0 Å².